The first-order valence-corrected chi connectivity index (χ1v) is 7.26. The van der Waals surface area contributed by atoms with Crippen molar-refractivity contribution < 1.29 is 4.79 Å². The number of amides is 2. The van der Waals surface area contributed by atoms with Crippen molar-refractivity contribution in [2.45, 2.75) is 66.0 Å². The first-order chi connectivity index (χ1) is 8.49. The monoisotopic (exact) mass is 257 g/mol. The molecule has 4 heteroatoms. The van der Waals surface area contributed by atoms with Gasteiger partial charge in [0.2, 0.25) is 0 Å². The molecule has 0 rings (SSSR count). The predicted molar refractivity (Wildman–Crippen MR) is 77.9 cm³/mol. The second kappa shape index (κ2) is 10.2. The molecule has 0 aliphatic rings. The summed E-state index contributed by atoms with van der Waals surface area (Å²) in [6.45, 7) is 13.3. The number of hydrogen-bond donors (Lipinski definition) is 2. The summed E-state index contributed by atoms with van der Waals surface area (Å²) in [5, 5.41) is 5.79. The zero-order valence-electron chi connectivity index (χ0n) is 12.8. The Morgan fingerprint density at radius 3 is 2.06 bits per heavy atom. The number of nitrogens with zero attached hydrogens (tertiary/aromatic N) is 1. The van der Waals surface area contributed by atoms with Crippen LogP contribution in [0.25, 0.3) is 0 Å². The lowest BCUT2D eigenvalue weighted by molar-refractivity contribution is 0.175. The molecule has 0 bridgehead atoms. The van der Waals surface area contributed by atoms with E-state index in [1.165, 1.54) is 12.8 Å². The standard InChI is InChI=1S/C14H31N3O/c1-6-7-8-9-15-14(18)16-10-11-17(12(2)3)13(4)5/h12-13H,6-11H2,1-5H3,(H2,15,16,18). The Morgan fingerprint density at radius 2 is 1.56 bits per heavy atom. The van der Waals surface area contributed by atoms with Crippen LogP contribution < -0.4 is 10.6 Å². The number of rotatable bonds is 9. The molecule has 0 saturated heterocycles. The Bertz CT molecular complexity index is 209. The highest BCUT2D eigenvalue weighted by Crippen LogP contribution is 2.03. The van der Waals surface area contributed by atoms with Crippen molar-refractivity contribution in [1.82, 2.24) is 15.5 Å². The third-order valence-electron chi connectivity index (χ3n) is 3.05. The first-order valence-electron chi connectivity index (χ1n) is 7.26. The molecule has 0 radical (unpaired) electrons. The lowest BCUT2D eigenvalue weighted by Gasteiger charge is -2.30. The van der Waals surface area contributed by atoms with Crippen molar-refractivity contribution in [2.75, 3.05) is 19.6 Å². The molecular formula is C14H31N3O. The maximum absolute atomic E-state index is 11.5. The zero-order valence-corrected chi connectivity index (χ0v) is 12.8. The van der Waals surface area contributed by atoms with Gasteiger partial charge in [-0.1, -0.05) is 19.8 Å². The number of unbranched alkanes of at least 4 members (excludes halogenated alkanes) is 2. The van der Waals surface area contributed by atoms with E-state index in [9.17, 15) is 4.79 Å². The largest absolute Gasteiger partial charge is 0.338 e. The highest BCUT2D eigenvalue weighted by molar-refractivity contribution is 5.73. The van der Waals surface area contributed by atoms with Gasteiger partial charge in [0, 0.05) is 31.7 Å². The van der Waals surface area contributed by atoms with E-state index < -0.39 is 0 Å². The average molecular weight is 257 g/mol. The summed E-state index contributed by atoms with van der Waals surface area (Å²) >= 11 is 0. The number of hydrogen-bond acceptors (Lipinski definition) is 2. The minimum atomic E-state index is -0.0430. The van der Waals surface area contributed by atoms with Crippen molar-refractivity contribution >= 4 is 6.03 Å². The summed E-state index contributed by atoms with van der Waals surface area (Å²) in [7, 11) is 0. The van der Waals surface area contributed by atoms with E-state index in [4.69, 9.17) is 0 Å². The molecule has 2 N–H and O–H groups in total. The molecule has 0 atom stereocenters. The summed E-state index contributed by atoms with van der Waals surface area (Å²) in [6, 6.07) is 0.984. The van der Waals surface area contributed by atoms with E-state index in [0.29, 0.717) is 18.6 Å². The molecule has 4 nitrogen and oxygen atoms in total. The quantitative estimate of drug-likeness (QED) is 0.624. The van der Waals surface area contributed by atoms with Crippen molar-refractivity contribution in [2.24, 2.45) is 0 Å². The Labute approximate surface area is 113 Å². The molecule has 0 aliphatic carbocycles. The van der Waals surface area contributed by atoms with E-state index in [2.05, 4.69) is 50.2 Å². The predicted octanol–water partition coefficient (Wildman–Crippen LogP) is 2.59. The van der Waals surface area contributed by atoms with E-state index in [1.54, 1.807) is 0 Å². The molecule has 2 amide bonds. The highest BCUT2D eigenvalue weighted by atomic mass is 16.2. The van der Waals surface area contributed by atoms with Gasteiger partial charge in [-0.05, 0) is 34.1 Å². The van der Waals surface area contributed by atoms with Gasteiger partial charge in [0.05, 0.1) is 0 Å². The van der Waals surface area contributed by atoms with Crippen molar-refractivity contribution in [3.05, 3.63) is 0 Å². The maximum atomic E-state index is 11.5. The Morgan fingerprint density at radius 1 is 1.00 bits per heavy atom. The maximum Gasteiger partial charge on any atom is 0.314 e. The normalized spacial score (nSPS) is 11.3. The lowest BCUT2D eigenvalue weighted by Crippen LogP contribution is -2.44. The summed E-state index contributed by atoms with van der Waals surface area (Å²) in [6.07, 6.45) is 3.42. The molecule has 0 aromatic rings. The van der Waals surface area contributed by atoms with Gasteiger partial charge in [0.15, 0.2) is 0 Å². The lowest BCUT2D eigenvalue weighted by atomic mass is 10.2. The van der Waals surface area contributed by atoms with Gasteiger partial charge in [-0.3, -0.25) is 4.90 Å². The minimum Gasteiger partial charge on any atom is -0.338 e. The van der Waals surface area contributed by atoms with E-state index in [1.807, 2.05) is 0 Å². The van der Waals surface area contributed by atoms with Crippen molar-refractivity contribution in [3.63, 3.8) is 0 Å². The fraction of sp³-hybridized carbons (Fsp3) is 0.929. The van der Waals surface area contributed by atoms with Crippen molar-refractivity contribution in [1.29, 1.82) is 0 Å². The molecule has 0 spiro atoms. The molecule has 0 aromatic carbocycles. The van der Waals surface area contributed by atoms with Crippen LogP contribution in [0.1, 0.15) is 53.9 Å². The van der Waals surface area contributed by atoms with E-state index in [-0.39, 0.29) is 6.03 Å². The minimum absolute atomic E-state index is 0.0430. The molecule has 0 aromatic heterocycles. The highest BCUT2D eigenvalue weighted by Gasteiger charge is 2.12. The summed E-state index contributed by atoms with van der Waals surface area (Å²) in [5.74, 6) is 0. The van der Waals surface area contributed by atoms with Crippen LogP contribution >= 0.6 is 0 Å². The topological polar surface area (TPSA) is 44.4 Å². The second-order valence-electron chi connectivity index (χ2n) is 5.32. The van der Waals surface area contributed by atoms with Gasteiger partial charge in [-0.25, -0.2) is 4.79 Å². The number of carbonyl (C=O) groups excluding carboxylic acids is 1. The van der Waals surface area contributed by atoms with Gasteiger partial charge in [0.25, 0.3) is 0 Å². The molecule has 0 heterocycles. The summed E-state index contributed by atoms with van der Waals surface area (Å²) in [5.41, 5.74) is 0. The Hall–Kier alpha value is -0.770. The van der Waals surface area contributed by atoms with E-state index >= 15 is 0 Å². The van der Waals surface area contributed by atoms with Gasteiger partial charge in [-0.15, -0.1) is 0 Å². The third kappa shape index (κ3) is 8.34. The molecule has 0 aliphatic heterocycles. The smallest absolute Gasteiger partial charge is 0.314 e. The van der Waals surface area contributed by atoms with Crippen LogP contribution in [-0.4, -0.2) is 42.6 Å². The molecule has 0 saturated carbocycles. The first kappa shape index (κ1) is 17.2. The number of nitrogens with one attached hydrogen (secondary N) is 2. The SMILES string of the molecule is CCCCCNC(=O)NCCN(C(C)C)C(C)C. The molecular weight excluding hydrogens is 226 g/mol. The van der Waals surface area contributed by atoms with Crippen LogP contribution in [-0.2, 0) is 0 Å². The average Bonchev–Trinajstić information content (AvgIpc) is 2.29. The van der Waals surface area contributed by atoms with Gasteiger partial charge in [0.1, 0.15) is 0 Å². The van der Waals surface area contributed by atoms with Gasteiger partial charge >= 0.3 is 6.03 Å². The van der Waals surface area contributed by atoms with Crippen LogP contribution in [0.3, 0.4) is 0 Å². The summed E-state index contributed by atoms with van der Waals surface area (Å²) in [4.78, 5) is 13.9. The molecule has 0 fully saturated rings. The number of carbonyl (C=O) groups is 1. The van der Waals surface area contributed by atoms with Crippen LogP contribution in [0.2, 0.25) is 0 Å². The van der Waals surface area contributed by atoms with Crippen LogP contribution in [0, 0.1) is 0 Å². The van der Waals surface area contributed by atoms with Crippen molar-refractivity contribution in [3.8, 4) is 0 Å². The molecule has 18 heavy (non-hydrogen) atoms. The Balaban J connectivity index is 3.66. The molecule has 0 unspecified atom stereocenters. The Kier molecular flexibility index (Phi) is 9.74. The summed E-state index contributed by atoms with van der Waals surface area (Å²) < 4.78 is 0. The van der Waals surface area contributed by atoms with Crippen LogP contribution in [0.5, 0.6) is 0 Å². The van der Waals surface area contributed by atoms with Gasteiger partial charge < -0.3 is 10.6 Å². The van der Waals surface area contributed by atoms with Gasteiger partial charge in [-0.2, -0.15) is 0 Å². The fourth-order valence-electron chi connectivity index (χ4n) is 2.05. The van der Waals surface area contributed by atoms with E-state index in [0.717, 1.165) is 19.5 Å². The fourth-order valence-corrected chi connectivity index (χ4v) is 2.05. The zero-order chi connectivity index (χ0) is 14.0. The molecule has 108 valence electrons. The number of urea groups is 1. The van der Waals surface area contributed by atoms with Crippen LogP contribution in [0.4, 0.5) is 4.79 Å². The second-order valence-corrected chi connectivity index (χ2v) is 5.32. The van der Waals surface area contributed by atoms with Crippen LogP contribution in [0.15, 0.2) is 0 Å². The third-order valence-corrected chi connectivity index (χ3v) is 3.05.